The summed E-state index contributed by atoms with van der Waals surface area (Å²) in [5.74, 6) is -0.00470. The standard InChI is InChI=1S/C27H23N3OS2/c1-3-30-22-11-7-8-12-23(22)32-26(30)24-25(31)29(2)27(33-24)28-21-17-15-20(16-18-21)14-13-19-9-5-4-6-10-19/h4-18H,3H2,1-2H3/b14-13+,26-24+,28-27?. The highest BCUT2D eigenvalue weighted by Gasteiger charge is 2.37. The van der Waals surface area contributed by atoms with Crippen LogP contribution in [-0.4, -0.2) is 29.6 Å². The minimum absolute atomic E-state index is 0.00470. The highest BCUT2D eigenvalue weighted by Crippen LogP contribution is 2.50. The van der Waals surface area contributed by atoms with Crippen molar-refractivity contribution in [3.63, 3.8) is 0 Å². The van der Waals surface area contributed by atoms with Crippen LogP contribution in [0.2, 0.25) is 0 Å². The Morgan fingerprint density at radius 1 is 0.848 bits per heavy atom. The second-order valence-electron chi connectivity index (χ2n) is 7.64. The smallest absolute Gasteiger partial charge is 0.269 e. The van der Waals surface area contributed by atoms with Gasteiger partial charge in [-0.25, -0.2) is 4.99 Å². The van der Waals surface area contributed by atoms with Crippen LogP contribution in [0.15, 0.2) is 98.7 Å². The molecule has 0 saturated carbocycles. The van der Waals surface area contributed by atoms with Gasteiger partial charge in [-0.1, -0.05) is 78.5 Å². The van der Waals surface area contributed by atoms with Gasteiger partial charge in [-0.05, 0) is 54.1 Å². The Kier molecular flexibility index (Phi) is 6.11. The van der Waals surface area contributed by atoms with E-state index in [0.717, 1.165) is 39.0 Å². The predicted octanol–water partition coefficient (Wildman–Crippen LogP) is 6.85. The first-order valence-corrected chi connectivity index (χ1v) is 12.4. The molecule has 0 aliphatic carbocycles. The summed E-state index contributed by atoms with van der Waals surface area (Å²) < 4.78 is 0. The molecule has 0 spiro atoms. The van der Waals surface area contributed by atoms with Crippen LogP contribution in [0.5, 0.6) is 0 Å². The number of nitrogens with zero attached hydrogens (tertiary/aromatic N) is 3. The number of para-hydroxylation sites is 1. The summed E-state index contributed by atoms with van der Waals surface area (Å²) >= 11 is 3.11. The molecule has 0 aromatic heterocycles. The average Bonchev–Trinajstić information content (AvgIpc) is 3.36. The fourth-order valence-corrected chi connectivity index (χ4v) is 6.10. The van der Waals surface area contributed by atoms with Crippen LogP contribution in [0.3, 0.4) is 0 Å². The number of hydrogen-bond acceptors (Lipinski definition) is 5. The largest absolute Gasteiger partial charge is 0.334 e. The number of likely N-dealkylation sites (N-methyl/N-ethyl adjacent to an activating group) is 1. The van der Waals surface area contributed by atoms with E-state index in [1.165, 1.54) is 16.7 Å². The number of hydrogen-bond donors (Lipinski definition) is 0. The van der Waals surface area contributed by atoms with Gasteiger partial charge in [-0.3, -0.25) is 9.69 Å². The quantitative estimate of drug-likeness (QED) is 0.309. The monoisotopic (exact) mass is 469 g/mol. The third-order valence-corrected chi connectivity index (χ3v) is 7.92. The van der Waals surface area contributed by atoms with E-state index in [0.29, 0.717) is 5.17 Å². The highest BCUT2D eigenvalue weighted by atomic mass is 32.2. The van der Waals surface area contributed by atoms with Crippen molar-refractivity contribution in [2.24, 2.45) is 4.99 Å². The molecule has 2 heterocycles. The maximum absolute atomic E-state index is 13.1. The van der Waals surface area contributed by atoms with Gasteiger partial charge in [0, 0.05) is 18.5 Å². The Hall–Kier alpha value is -3.22. The van der Waals surface area contributed by atoms with Gasteiger partial charge in [-0.15, -0.1) is 0 Å². The molecule has 1 amide bonds. The summed E-state index contributed by atoms with van der Waals surface area (Å²) in [6, 6.07) is 26.6. The molecule has 2 aliphatic heterocycles. The van der Waals surface area contributed by atoms with Crippen LogP contribution in [0.1, 0.15) is 18.1 Å². The maximum atomic E-state index is 13.1. The zero-order valence-electron chi connectivity index (χ0n) is 18.4. The Labute approximate surface area is 202 Å². The van der Waals surface area contributed by atoms with Gasteiger partial charge >= 0.3 is 0 Å². The van der Waals surface area contributed by atoms with Crippen molar-refractivity contribution < 1.29 is 4.79 Å². The van der Waals surface area contributed by atoms with Crippen LogP contribution in [0.25, 0.3) is 12.2 Å². The number of amides is 1. The van der Waals surface area contributed by atoms with Gasteiger partial charge in [0.15, 0.2) is 5.17 Å². The average molecular weight is 470 g/mol. The van der Waals surface area contributed by atoms with Gasteiger partial charge in [0.2, 0.25) is 0 Å². The molecular formula is C27H23N3OS2. The number of rotatable bonds is 4. The molecule has 164 valence electrons. The van der Waals surface area contributed by atoms with Gasteiger partial charge in [0.1, 0.15) is 9.93 Å². The fourth-order valence-electron chi connectivity index (χ4n) is 3.72. The molecule has 0 unspecified atom stereocenters. The van der Waals surface area contributed by atoms with E-state index >= 15 is 0 Å². The molecule has 0 radical (unpaired) electrons. The summed E-state index contributed by atoms with van der Waals surface area (Å²) in [4.78, 5) is 23.6. The number of benzene rings is 3. The molecule has 0 atom stereocenters. The number of aliphatic imine (C=N–C) groups is 1. The van der Waals surface area contributed by atoms with Crippen LogP contribution < -0.4 is 4.90 Å². The van der Waals surface area contributed by atoms with E-state index in [4.69, 9.17) is 4.99 Å². The first kappa shape index (κ1) is 21.6. The second kappa shape index (κ2) is 9.33. The summed E-state index contributed by atoms with van der Waals surface area (Å²) in [7, 11) is 1.79. The van der Waals surface area contributed by atoms with Crippen LogP contribution in [0.4, 0.5) is 11.4 Å². The summed E-state index contributed by atoms with van der Waals surface area (Å²) in [6.07, 6.45) is 4.18. The number of thioether (sulfide) groups is 2. The lowest BCUT2D eigenvalue weighted by Gasteiger charge is -2.18. The molecule has 0 bridgehead atoms. The Morgan fingerprint density at radius 3 is 2.24 bits per heavy atom. The van der Waals surface area contributed by atoms with Gasteiger partial charge < -0.3 is 4.90 Å². The zero-order chi connectivity index (χ0) is 22.8. The molecule has 1 saturated heterocycles. The topological polar surface area (TPSA) is 35.9 Å². The summed E-state index contributed by atoms with van der Waals surface area (Å²) in [6.45, 7) is 2.92. The Morgan fingerprint density at radius 2 is 1.52 bits per heavy atom. The van der Waals surface area contributed by atoms with Gasteiger partial charge in [-0.2, -0.15) is 0 Å². The highest BCUT2D eigenvalue weighted by molar-refractivity contribution is 8.19. The van der Waals surface area contributed by atoms with Crippen LogP contribution >= 0.6 is 23.5 Å². The molecule has 6 heteroatoms. The summed E-state index contributed by atoms with van der Waals surface area (Å²) in [5, 5.41) is 1.69. The minimum atomic E-state index is -0.00470. The molecule has 3 aromatic carbocycles. The van der Waals surface area contributed by atoms with E-state index < -0.39 is 0 Å². The van der Waals surface area contributed by atoms with Crippen molar-refractivity contribution in [1.82, 2.24) is 4.90 Å². The van der Waals surface area contributed by atoms with E-state index in [1.54, 1.807) is 23.7 Å². The third-order valence-electron chi connectivity index (χ3n) is 5.48. The normalized spacial score (nSPS) is 19.2. The number of carbonyl (C=O) groups excluding carboxylic acids is 1. The van der Waals surface area contributed by atoms with Crippen LogP contribution in [0, 0.1) is 0 Å². The lowest BCUT2D eigenvalue weighted by atomic mass is 10.1. The summed E-state index contributed by atoms with van der Waals surface area (Å²) in [5.41, 5.74) is 4.26. The van der Waals surface area contributed by atoms with E-state index in [9.17, 15) is 4.79 Å². The fraction of sp³-hybridized carbons (Fsp3) is 0.111. The molecule has 1 fully saturated rings. The first-order chi connectivity index (χ1) is 16.1. The van der Waals surface area contributed by atoms with Crippen molar-refractivity contribution in [2.45, 2.75) is 11.8 Å². The van der Waals surface area contributed by atoms with E-state index in [2.05, 4.69) is 48.2 Å². The van der Waals surface area contributed by atoms with Crippen molar-refractivity contribution in [3.8, 4) is 0 Å². The molecule has 3 aromatic rings. The van der Waals surface area contributed by atoms with Crippen LogP contribution in [-0.2, 0) is 4.79 Å². The van der Waals surface area contributed by atoms with Crippen molar-refractivity contribution in [1.29, 1.82) is 0 Å². The number of anilines is 1. The lowest BCUT2D eigenvalue weighted by Crippen LogP contribution is -2.25. The van der Waals surface area contributed by atoms with Crippen molar-refractivity contribution in [3.05, 3.63) is 99.9 Å². The Balaban J connectivity index is 1.37. The molecule has 2 aliphatic rings. The number of amidine groups is 1. The van der Waals surface area contributed by atoms with E-state index in [-0.39, 0.29) is 5.91 Å². The van der Waals surface area contributed by atoms with E-state index in [1.807, 2.05) is 54.6 Å². The Bertz CT molecular complexity index is 1280. The van der Waals surface area contributed by atoms with Gasteiger partial charge in [0.25, 0.3) is 5.91 Å². The third kappa shape index (κ3) is 4.36. The second-order valence-corrected chi connectivity index (χ2v) is 9.65. The number of carbonyl (C=O) groups is 1. The first-order valence-electron chi connectivity index (χ1n) is 10.8. The number of fused-ring (bicyclic) bond motifs is 1. The van der Waals surface area contributed by atoms with Crippen molar-refractivity contribution >= 4 is 58.1 Å². The van der Waals surface area contributed by atoms with Gasteiger partial charge in [0.05, 0.1) is 11.4 Å². The molecule has 4 nitrogen and oxygen atoms in total. The SMILES string of the molecule is CCN1/C(=C2\SC(=Nc3ccc(/C=C/c4ccccc4)cc3)N(C)C2=O)Sc2ccccc21. The maximum Gasteiger partial charge on any atom is 0.269 e. The molecule has 33 heavy (non-hydrogen) atoms. The lowest BCUT2D eigenvalue weighted by molar-refractivity contribution is -0.121. The minimum Gasteiger partial charge on any atom is -0.334 e. The predicted molar refractivity (Wildman–Crippen MR) is 142 cm³/mol. The zero-order valence-corrected chi connectivity index (χ0v) is 20.1. The molecular weight excluding hydrogens is 446 g/mol. The molecule has 0 N–H and O–H groups in total. The molecule has 5 rings (SSSR count). The van der Waals surface area contributed by atoms with Crippen molar-refractivity contribution in [2.75, 3.05) is 18.5 Å².